The summed E-state index contributed by atoms with van der Waals surface area (Å²) in [5, 5.41) is 20.4. The van der Waals surface area contributed by atoms with Gasteiger partial charge >= 0.3 is 5.97 Å². The summed E-state index contributed by atoms with van der Waals surface area (Å²) < 4.78 is 5.62. The molecule has 35 heavy (non-hydrogen) atoms. The van der Waals surface area contributed by atoms with Gasteiger partial charge < -0.3 is 19.8 Å². The van der Waals surface area contributed by atoms with E-state index in [0.29, 0.717) is 37.2 Å². The predicted octanol–water partition coefficient (Wildman–Crippen LogP) is 5.05. The fourth-order valence-corrected chi connectivity index (χ4v) is 5.38. The molecule has 0 bridgehead atoms. The number of carbonyl (C=O) groups excluding carboxylic acids is 2. The summed E-state index contributed by atoms with van der Waals surface area (Å²) in [4.78, 5) is 29.9. The molecule has 7 heteroatoms. The highest BCUT2D eigenvalue weighted by Crippen LogP contribution is 2.34. The Bertz CT molecular complexity index is 878. The average molecular weight is 489 g/mol. The first kappa shape index (κ1) is 27.3. The van der Waals surface area contributed by atoms with E-state index in [9.17, 15) is 19.8 Å². The van der Waals surface area contributed by atoms with Crippen molar-refractivity contribution in [1.29, 1.82) is 0 Å². The van der Waals surface area contributed by atoms with Crippen molar-refractivity contribution in [3.63, 3.8) is 0 Å². The monoisotopic (exact) mass is 488 g/mol. The maximum atomic E-state index is 13.2. The number of hydrogen-bond donors (Lipinski definition) is 2. The summed E-state index contributed by atoms with van der Waals surface area (Å²) in [6.45, 7) is 12.0. The first-order valence-electron chi connectivity index (χ1n) is 13.3. The highest BCUT2D eigenvalue weighted by atomic mass is 16.6. The minimum absolute atomic E-state index is 0.0144. The van der Waals surface area contributed by atoms with Crippen molar-refractivity contribution >= 4 is 11.9 Å². The molecule has 1 heterocycles. The molecule has 2 aliphatic rings. The quantitative estimate of drug-likeness (QED) is 0.522. The molecule has 1 saturated carbocycles. The van der Waals surface area contributed by atoms with Crippen LogP contribution in [0.5, 0.6) is 11.5 Å². The van der Waals surface area contributed by atoms with Crippen LogP contribution in [0.15, 0.2) is 12.1 Å². The van der Waals surface area contributed by atoms with E-state index in [1.54, 1.807) is 11.0 Å². The third-order valence-corrected chi connectivity index (χ3v) is 7.24. The smallest absolute Gasteiger partial charge is 0.320 e. The number of benzene rings is 1. The number of nitrogens with zero attached hydrogens (tertiary/aromatic N) is 2. The lowest BCUT2D eigenvalue weighted by Gasteiger charge is -2.39. The molecule has 1 aromatic carbocycles. The van der Waals surface area contributed by atoms with Gasteiger partial charge in [-0.3, -0.25) is 14.5 Å². The second kappa shape index (κ2) is 11.6. The predicted molar refractivity (Wildman–Crippen MR) is 137 cm³/mol. The van der Waals surface area contributed by atoms with Gasteiger partial charge in [0, 0.05) is 31.7 Å². The van der Waals surface area contributed by atoms with Gasteiger partial charge in [-0.25, -0.2) is 0 Å². The molecule has 1 amide bonds. The van der Waals surface area contributed by atoms with Crippen molar-refractivity contribution in [3.8, 4) is 11.5 Å². The van der Waals surface area contributed by atoms with Gasteiger partial charge in [0.25, 0.3) is 5.91 Å². The van der Waals surface area contributed by atoms with Crippen LogP contribution in [0.4, 0.5) is 0 Å². The topological polar surface area (TPSA) is 90.3 Å². The van der Waals surface area contributed by atoms with Gasteiger partial charge in [-0.15, -0.1) is 0 Å². The molecule has 0 atom stereocenters. The number of ether oxygens (including phenoxy) is 1. The molecule has 2 N–H and O–H groups in total. The van der Waals surface area contributed by atoms with Gasteiger partial charge in [0.1, 0.15) is 17.1 Å². The largest absolute Gasteiger partial charge is 0.508 e. The molecule has 0 spiro atoms. The fourth-order valence-electron chi connectivity index (χ4n) is 5.38. The van der Waals surface area contributed by atoms with Gasteiger partial charge in [-0.1, -0.05) is 33.1 Å². The van der Waals surface area contributed by atoms with Crippen LogP contribution in [0, 0.1) is 5.92 Å². The summed E-state index contributed by atoms with van der Waals surface area (Å²) >= 11 is 0. The SMILES string of the molecule is CC(C)c1cc(C(=O)N2CCC(CN(CC(=O)OC(C)(C)C)C3CCCCC3)CC2)c(O)cc1O. The molecular formula is C28H44N2O5. The molecule has 1 saturated heterocycles. The normalized spacial score (nSPS) is 18.3. The van der Waals surface area contributed by atoms with Crippen LogP contribution in [-0.4, -0.2) is 69.7 Å². The van der Waals surface area contributed by atoms with Crippen LogP contribution in [0.25, 0.3) is 0 Å². The van der Waals surface area contributed by atoms with Crippen molar-refractivity contribution < 1.29 is 24.5 Å². The van der Waals surface area contributed by atoms with Gasteiger partial charge in [-0.2, -0.15) is 0 Å². The maximum Gasteiger partial charge on any atom is 0.320 e. The fraction of sp³-hybridized carbons (Fsp3) is 0.714. The number of piperidine rings is 1. The van der Waals surface area contributed by atoms with Crippen molar-refractivity contribution in [2.75, 3.05) is 26.2 Å². The molecule has 0 radical (unpaired) electrons. The van der Waals surface area contributed by atoms with Crippen LogP contribution in [0.3, 0.4) is 0 Å². The van der Waals surface area contributed by atoms with E-state index >= 15 is 0 Å². The Labute approximate surface area is 210 Å². The lowest BCUT2D eigenvalue weighted by Crippen LogP contribution is -2.47. The number of likely N-dealkylation sites (tertiary alicyclic amines) is 1. The zero-order valence-electron chi connectivity index (χ0n) is 22.2. The number of hydrogen-bond acceptors (Lipinski definition) is 6. The molecule has 1 aliphatic heterocycles. The third kappa shape index (κ3) is 7.60. The van der Waals surface area contributed by atoms with Gasteiger partial charge in [0.05, 0.1) is 12.1 Å². The van der Waals surface area contributed by atoms with Gasteiger partial charge in [0.2, 0.25) is 0 Å². The Morgan fingerprint density at radius 1 is 1.03 bits per heavy atom. The van der Waals surface area contributed by atoms with Crippen molar-refractivity contribution in [1.82, 2.24) is 9.80 Å². The van der Waals surface area contributed by atoms with Crippen LogP contribution in [0.2, 0.25) is 0 Å². The first-order chi connectivity index (χ1) is 16.4. The Morgan fingerprint density at radius 3 is 2.23 bits per heavy atom. The van der Waals surface area contributed by atoms with E-state index in [1.165, 1.54) is 25.3 Å². The number of carbonyl (C=O) groups is 2. The molecule has 2 fully saturated rings. The van der Waals surface area contributed by atoms with Crippen molar-refractivity contribution in [2.45, 2.75) is 97.1 Å². The second-order valence-electron chi connectivity index (χ2n) is 11.6. The average Bonchev–Trinajstić information content (AvgIpc) is 2.78. The Kier molecular flexibility index (Phi) is 9.08. The Hall–Kier alpha value is -2.28. The molecule has 1 aromatic rings. The first-order valence-corrected chi connectivity index (χ1v) is 13.3. The van der Waals surface area contributed by atoms with E-state index in [-0.39, 0.29) is 34.9 Å². The molecule has 3 rings (SSSR count). The van der Waals surface area contributed by atoms with Crippen LogP contribution in [0.1, 0.15) is 101 Å². The Morgan fingerprint density at radius 2 is 1.66 bits per heavy atom. The van der Waals surface area contributed by atoms with Gasteiger partial charge in [-0.05, 0) is 69.9 Å². The molecule has 196 valence electrons. The molecule has 7 nitrogen and oxygen atoms in total. The third-order valence-electron chi connectivity index (χ3n) is 7.24. The lowest BCUT2D eigenvalue weighted by molar-refractivity contribution is -0.157. The van der Waals surface area contributed by atoms with E-state index < -0.39 is 5.60 Å². The van der Waals surface area contributed by atoms with Crippen LogP contribution in [-0.2, 0) is 9.53 Å². The summed E-state index contributed by atoms with van der Waals surface area (Å²) in [7, 11) is 0. The lowest BCUT2D eigenvalue weighted by atomic mass is 9.91. The minimum Gasteiger partial charge on any atom is -0.508 e. The van der Waals surface area contributed by atoms with E-state index in [2.05, 4.69) is 4.90 Å². The zero-order chi connectivity index (χ0) is 25.8. The van der Waals surface area contributed by atoms with Gasteiger partial charge in [0.15, 0.2) is 0 Å². The molecule has 1 aliphatic carbocycles. The van der Waals surface area contributed by atoms with E-state index in [4.69, 9.17) is 4.74 Å². The minimum atomic E-state index is -0.490. The number of esters is 1. The highest BCUT2D eigenvalue weighted by Gasteiger charge is 2.31. The number of phenolic OH excluding ortho intramolecular Hbond substituents is 2. The standard InChI is InChI=1S/C28H44N2O5/c1-19(2)22-15-23(25(32)16-24(22)31)27(34)29-13-11-20(12-14-29)17-30(21-9-7-6-8-10-21)18-26(33)35-28(3,4)5/h15-16,19-21,31-32H,6-14,17-18H2,1-5H3. The van der Waals surface area contributed by atoms with E-state index in [1.807, 2.05) is 34.6 Å². The Balaban J connectivity index is 1.62. The maximum absolute atomic E-state index is 13.2. The molecule has 0 unspecified atom stereocenters. The van der Waals surface area contributed by atoms with Crippen molar-refractivity contribution in [3.05, 3.63) is 23.3 Å². The summed E-state index contributed by atoms with van der Waals surface area (Å²) in [6, 6.07) is 3.31. The number of rotatable bonds is 7. The highest BCUT2D eigenvalue weighted by molar-refractivity contribution is 5.97. The van der Waals surface area contributed by atoms with Crippen LogP contribution >= 0.6 is 0 Å². The number of amides is 1. The summed E-state index contributed by atoms with van der Waals surface area (Å²) in [5.74, 6) is -0.0766. The summed E-state index contributed by atoms with van der Waals surface area (Å²) in [5.41, 5.74) is 0.418. The summed E-state index contributed by atoms with van der Waals surface area (Å²) in [6.07, 6.45) is 7.64. The number of aromatic hydroxyl groups is 2. The molecular weight excluding hydrogens is 444 g/mol. The van der Waals surface area contributed by atoms with Crippen LogP contribution < -0.4 is 0 Å². The van der Waals surface area contributed by atoms with E-state index in [0.717, 1.165) is 32.2 Å². The number of phenols is 2. The second-order valence-corrected chi connectivity index (χ2v) is 11.6. The molecule has 0 aromatic heterocycles. The zero-order valence-corrected chi connectivity index (χ0v) is 22.2. The van der Waals surface area contributed by atoms with Crippen molar-refractivity contribution in [2.24, 2.45) is 5.92 Å².